The zero-order valence-corrected chi connectivity index (χ0v) is 15.5. The van der Waals surface area contributed by atoms with Gasteiger partial charge in [0, 0.05) is 11.1 Å². The molecule has 0 unspecified atom stereocenters. The van der Waals surface area contributed by atoms with Crippen molar-refractivity contribution in [1.82, 2.24) is 5.32 Å². The molecule has 5 nitrogen and oxygen atoms in total. The first-order valence-electron chi connectivity index (χ1n) is 8.36. The van der Waals surface area contributed by atoms with Crippen LogP contribution >= 0.6 is 11.6 Å². The fourth-order valence-electron chi connectivity index (χ4n) is 2.95. The van der Waals surface area contributed by atoms with Gasteiger partial charge in [-0.25, -0.2) is 9.59 Å². The van der Waals surface area contributed by atoms with Crippen LogP contribution < -0.4 is 5.32 Å². The number of alkyl carbamates (subject to hydrolysis) is 1. The second kappa shape index (κ2) is 7.91. The molecule has 0 heterocycles. The third-order valence-corrected chi connectivity index (χ3v) is 4.27. The van der Waals surface area contributed by atoms with Crippen LogP contribution in [0.1, 0.15) is 56.0 Å². The van der Waals surface area contributed by atoms with E-state index in [2.05, 4.69) is 5.32 Å². The molecule has 6 heteroatoms. The van der Waals surface area contributed by atoms with Crippen molar-refractivity contribution < 1.29 is 19.4 Å². The number of nitrogens with one attached hydrogen (secondary N) is 1. The molecule has 2 N–H and O–H groups in total. The van der Waals surface area contributed by atoms with E-state index in [9.17, 15) is 14.7 Å². The van der Waals surface area contributed by atoms with Gasteiger partial charge in [0.2, 0.25) is 0 Å². The van der Waals surface area contributed by atoms with Crippen molar-refractivity contribution in [1.29, 1.82) is 0 Å². The molecule has 1 aliphatic rings. The summed E-state index contributed by atoms with van der Waals surface area (Å²) in [6, 6.07) is 4.67. The molecular formula is C19H24ClNO4. The predicted octanol–water partition coefficient (Wildman–Crippen LogP) is 4.74. The summed E-state index contributed by atoms with van der Waals surface area (Å²) in [6.07, 6.45) is 6.10. The number of benzene rings is 1. The summed E-state index contributed by atoms with van der Waals surface area (Å²) in [4.78, 5) is 23.3. The smallest absolute Gasteiger partial charge is 0.407 e. The van der Waals surface area contributed by atoms with Gasteiger partial charge in [0.15, 0.2) is 0 Å². The van der Waals surface area contributed by atoms with E-state index in [-0.39, 0.29) is 17.5 Å². The van der Waals surface area contributed by atoms with Gasteiger partial charge in [-0.3, -0.25) is 0 Å². The standard InChI is InChI=1S/C19H24ClNO4/c1-19(2,3)25-18(24)21-16-6-4-5-12(16)7-8-13-11-14(20)9-10-15(13)17(22)23/h7-12,16H,4-6H2,1-3H3,(H,21,24)(H,22,23)/t12-,16-/m0/s1. The maximum absolute atomic E-state index is 12.0. The number of hydrogen-bond acceptors (Lipinski definition) is 3. The number of carbonyl (C=O) groups excluding carboxylic acids is 1. The first kappa shape index (κ1) is 19.3. The molecule has 0 aromatic heterocycles. The summed E-state index contributed by atoms with van der Waals surface area (Å²) < 4.78 is 5.31. The Hall–Kier alpha value is -2.01. The Morgan fingerprint density at radius 2 is 2.04 bits per heavy atom. The van der Waals surface area contributed by atoms with Crippen molar-refractivity contribution in [3.63, 3.8) is 0 Å². The molecule has 25 heavy (non-hydrogen) atoms. The van der Waals surface area contributed by atoms with E-state index in [4.69, 9.17) is 16.3 Å². The summed E-state index contributed by atoms with van der Waals surface area (Å²) in [5, 5.41) is 12.7. The van der Waals surface area contributed by atoms with Gasteiger partial charge in [-0.1, -0.05) is 30.2 Å². The molecule has 0 saturated heterocycles. The van der Waals surface area contributed by atoms with Crippen LogP contribution in [-0.2, 0) is 4.74 Å². The molecule has 0 aliphatic heterocycles. The van der Waals surface area contributed by atoms with Crippen LogP contribution in [0.4, 0.5) is 4.79 Å². The third-order valence-electron chi connectivity index (χ3n) is 4.04. The van der Waals surface area contributed by atoms with E-state index in [1.165, 1.54) is 6.07 Å². The first-order valence-corrected chi connectivity index (χ1v) is 8.74. The molecule has 2 rings (SSSR count). The molecular weight excluding hydrogens is 342 g/mol. The minimum absolute atomic E-state index is 0.0152. The van der Waals surface area contributed by atoms with Crippen molar-refractivity contribution in [3.05, 3.63) is 40.4 Å². The largest absolute Gasteiger partial charge is 0.478 e. The number of rotatable bonds is 4. The third kappa shape index (κ3) is 5.78. The van der Waals surface area contributed by atoms with Crippen molar-refractivity contribution in [3.8, 4) is 0 Å². The van der Waals surface area contributed by atoms with Crippen molar-refractivity contribution in [2.75, 3.05) is 0 Å². The quantitative estimate of drug-likeness (QED) is 0.807. The molecule has 1 aromatic carbocycles. The van der Waals surface area contributed by atoms with Gasteiger partial charge in [-0.2, -0.15) is 0 Å². The minimum atomic E-state index is -0.994. The lowest BCUT2D eigenvalue weighted by molar-refractivity contribution is 0.0497. The van der Waals surface area contributed by atoms with Crippen LogP contribution in [-0.4, -0.2) is 28.8 Å². The van der Waals surface area contributed by atoms with E-state index >= 15 is 0 Å². The summed E-state index contributed by atoms with van der Waals surface area (Å²) in [6.45, 7) is 5.47. The Labute approximate surface area is 153 Å². The monoisotopic (exact) mass is 365 g/mol. The van der Waals surface area contributed by atoms with E-state index < -0.39 is 17.7 Å². The minimum Gasteiger partial charge on any atom is -0.478 e. The lowest BCUT2D eigenvalue weighted by Crippen LogP contribution is -2.40. The highest BCUT2D eigenvalue weighted by Crippen LogP contribution is 2.28. The normalized spacial score (nSPS) is 20.6. The molecule has 1 aliphatic carbocycles. The number of carboxylic acids is 1. The molecule has 0 bridgehead atoms. The van der Waals surface area contributed by atoms with Gasteiger partial charge in [0.1, 0.15) is 5.60 Å². The number of halogens is 1. The molecule has 1 amide bonds. The van der Waals surface area contributed by atoms with Crippen LogP contribution in [0, 0.1) is 5.92 Å². The molecule has 136 valence electrons. The van der Waals surface area contributed by atoms with Crippen LogP contribution in [0.2, 0.25) is 5.02 Å². The van der Waals surface area contributed by atoms with E-state index in [1.807, 2.05) is 26.8 Å². The number of ether oxygens (including phenoxy) is 1. The van der Waals surface area contributed by atoms with Gasteiger partial charge < -0.3 is 15.2 Å². The van der Waals surface area contributed by atoms with Crippen LogP contribution in [0.15, 0.2) is 24.3 Å². The van der Waals surface area contributed by atoms with Crippen LogP contribution in [0.5, 0.6) is 0 Å². The lowest BCUT2D eigenvalue weighted by Gasteiger charge is -2.23. The number of amides is 1. The highest BCUT2D eigenvalue weighted by atomic mass is 35.5. The second-order valence-corrected chi connectivity index (χ2v) is 7.68. The predicted molar refractivity (Wildman–Crippen MR) is 97.9 cm³/mol. The van der Waals surface area contributed by atoms with Crippen molar-refractivity contribution in [2.24, 2.45) is 5.92 Å². The van der Waals surface area contributed by atoms with Crippen molar-refractivity contribution in [2.45, 2.75) is 51.7 Å². The average molecular weight is 366 g/mol. The SMILES string of the molecule is CC(C)(C)OC(=O)N[C@H]1CCC[C@H]1C=Cc1cc(Cl)ccc1C(=O)O. The highest BCUT2D eigenvalue weighted by Gasteiger charge is 2.28. The summed E-state index contributed by atoms with van der Waals surface area (Å²) >= 11 is 5.98. The zero-order chi connectivity index (χ0) is 18.6. The molecule has 0 radical (unpaired) electrons. The molecule has 0 spiro atoms. The van der Waals surface area contributed by atoms with Crippen LogP contribution in [0.3, 0.4) is 0 Å². The summed E-state index contributed by atoms with van der Waals surface area (Å²) in [5.41, 5.74) is 0.226. The Kier molecular flexibility index (Phi) is 6.11. The Balaban J connectivity index is 2.08. The molecule has 2 atom stereocenters. The second-order valence-electron chi connectivity index (χ2n) is 7.24. The summed E-state index contributed by atoms with van der Waals surface area (Å²) in [5.74, 6) is -0.862. The fourth-order valence-corrected chi connectivity index (χ4v) is 3.13. The fraction of sp³-hybridized carbons (Fsp3) is 0.474. The molecule has 1 fully saturated rings. The van der Waals surface area contributed by atoms with Gasteiger partial charge in [-0.05, 0) is 63.3 Å². The Bertz CT molecular complexity index is 678. The first-order chi connectivity index (χ1) is 11.7. The van der Waals surface area contributed by atoms with Gasteiger partial charge >= 0.3 is 12.1 Å². The molecule has 1 aromatic rings. The van der Waals surface area contributed by atoms with E-state index in [1.54, 1.807) is 18.2 Å². The van der Waals surface area contributed by atoms with E-state index in [0.29, 0.717) is 10.6 Å². The number of carbonyl (C=O) groups is 2. The maximum Gasteiger partial charge on any atom is 0.407 e. The van der Waals surface area contributed by atoms with Crippen molar-refractivity contribution >= 4 is 29.7 Å². The number of aromatic carboxylic acids is 1. The topological polar surface area (TPSA) is 75.6 Å². The van der Waals surface area contributed by atoms with Crippen LogP contribution in [0.25, 0.3) is 6.08 Å². The molecule has 1 saturated carbocycles. The number of carboxylic acid groups (broad SMARTS) is 1. The average Bonchev–Trinajstić information content (AvgIpc) is 2.89. The Morgan fingerprint density at radius 3 is 2.68 bits per heavy atom. The maximum atomic E-state index is 12.0. The number of hydrogen-bond donors (Lipinski definition) is 2. The van der Waals surface area contributed by atoms with Gasteiger partial charge in [-0.15, -0.1) is 0 Å². The van der Waals surface area contributed by atoms with Gasteiger partial charge in [0.25, 0.3) is 0 Å². The Morgan fingerprint density at radius 1 is 1.32 bits per heavy atom. The zero-order valence-electron chi connectivity index (χ0n) is 14.7. The highest BCUT2D eigenvalue weighted by molar-refractivity contribution is 6.30. The van der Waals surface area contributed by atoms with E-state index in [0.717, 1.165) is 19.3 Å². The summed E-state index contributed by atoms with van der Waals surface area (Å²) in [7, 11) is 0. The van der Waals surface area contributed by atoms with Gasteiger partial charge in [0.05, 0.1) is 5.56 Å². The lowest BCUT2D eigenvalue weighted by atomic mass is 10.00.